The minimum Gasteiger partial charge on any atom is -0.469 e. The Morgan fingerprint density at radius 3 is 2.78 bits per heavy atom. The number of ether oxygens (including phenoxy) is 1. The van der Waals surface area contributed by atoms with Crippen molar-refractivity contribution >= 4 is 17.5 Å². The van der Waals surface area contributed by atoms with Crippen LogP contribution in [-0.2, 0) is 14.3 Å². The Morgan fingerprint density at radius 1 is 1.50 bits per heavy atom. The van der Waals surface area contributed by atoms with Gasteiger partial charge in [-0.05, 0) is 6.42 Å². The Morgan fingerprint density at radius 2 is 2.22 bits per heavy atom. The van der Waals surface area contributed by atoms with Crippen LogP contribution in [0.3, 0.4) is 0 Å². The number of methoxy groups -OCH3 is 1. The Kier molecular flexibility index (Phi) is 5.82. The van der Waals surface area contributed by atoms with Crippen LogP contribution in [0.2, 0.25) is 0 Å². The van der Waals surface area contributed by atoms with Crippen LogP contribution in [0.5, 0.6) is 0 Å². The van der Waals surface area contributed by atoms with Gasteiger partial charge in [-0.15, -0.1) is 0 Å². The number of rotatable bonds is 5. The number of carbonyl (C=O) groups excluding carboxylic acids is 2. The fraction of sp³-hybridized carbons (Fsp3) is 0.769. The minimum atomic E-state index is -0.487. The summed E-state index contributed by atoms with van der Waals surface area (Å²) in [6, 6.07) is 0. The van der Waals surface area contributed by atoms with Crippen LogP contribution in [0.1, 0.15) is 45.4 Å². The zero-order valence-electron chi connectivity index (χ0n) is 11.0. The SMILES string of the molecule is CCCCCC1/C(=N\O)CC(=O)CC1C(=O)OC. The molecular weight excluding hydrogens is 234 g/mol. The molecule has 2 unspecified atom stereocenters. The lowest BCUT2D eigenvalue weighted by atomic mass is 9.74. The minimum absolute atomic E-state index is 0.0649. The van der Waals surface area contributed by atoms with Crippen molar-refractivity contribution in [3.8, 4) is 0 Å². The first-order chi connectivity index (χ1) is 8.63. The Labute approximate surface area is 107 Å². The molecule has 102 valence electrons. The number of unbranched alkanes of at least 4 members (excludes halogenated alkanes) is 2. The van der Waals surface area contributed by atoms with Gasteiger partial charge in [0.1, 0.15) is 5.78 Å². The van der Waals surface area contributed by atoms with E-state index in [2.05, 4.69) is 12.1 Å². The van der Waals surface area contributed by atoms with Crippen LogP contribution < -0.4 is 0 Å². The maximum atomic E-state index is 11.7. The van der Waals surface area contributed by atoms with E-state index in [0.717, 1.165) is 25.7 Å². The van der Waals surface area contributed by atoms with Crippen molar-refractivity contribution in [2.45, 2.75) is 45.4 Å². The third-order valence-corrected chi connectivity index (χ3v) is 3.49. The lowest BCUT2D eigenvalue weighted by molar-refractivity contribution is -0.149. The second-order valence-electron chi connectivity index (χ2n) is 4.74. The highest BCUT2D eigenvalue weighted by molar-refractivity contribution is 6.08. The monoisotopic (exact) mass is 255 g/mol. The van der Waals surface area contributed by atoms with Crippen molar-refractivity contribution in [3.63, 3.8) is 0 Å². The van der Waals surface area contributed by atoms with Crippen molar-refractivity contribution in [1.29, 1.82) is 0 Å². The summed E-state index contributed by atoms with van der Waals surface area (Å²) in [4.78, 5) is 23.2. The van der Waals surface area contributed by atoms with Gasteiger partial charge in [-0.2, -0.15) is 0 Å². The van der Waals surface area contributed by atoms with Crippen molar-refractivity contribution < 1.29 is 19.5 Å². The third kappa shape index (κ3) is 3.55. The van der Waals surface area contributed by atoms with Crippen molar-refractivity contribution in [2.75, 3.05) is 7.11 Å². The summed E-state index contributed by atoms with van der Waals surface area (Å²) < 4.78 is 4.74. The van der Waals surface area contributed by atoms with Gasteiger partial charge in [0.05, 0.1) is 18.7 Å². The van der Waals surface area contributed by atoms with Gasteiger partial charge in [0, 0.05) is 18.8 Å². The Bertz CT molecular complexity index is 338. The number of esters is 1. The second-order valence-corrected chi connectivity index (χ2v) is 4.74. The van der Waals surface area contributed by atoms with E-state index in [9.17, 15) is 9.59 Å². The fourth-order valence-corrected chi connectivity index (χ4v) is 2.52. The number of Topliss-reactive ketones (excluding diaryl/α,β-unsaturated/α-hetero) is 1. The number of ketones is 1. The quantitative estimate of drug-likeness (QED) is 0.353. The molecule has 0 aromatic carbocycles. The normalized spacial score (nSPS) is 26.3. The van der Waals surface area contributed by atoms with E-state index in [4.69, 9.17) is 9.94 Å². The van der Waals surface area contributed by atoms with Gasteiger partial charge in [0.25, 0.3) is 0 Å². The van der Waals surface area contributed by atoms with E-state index in [1.165, 1.54) is 7.11 Å². The first-order valence-corrected chi connectivity index (χ1v) is 6.44. The number of nitrogens with zero attached hydrogens (tertiary/aromatic N) is 1. The van der Waals surface area contributed by atoms with E-state index in [1.807, 2.05) is 0 Å². The Balaban J connectivity index is 2.80. The van der Waals surface area contributed by atoms with E-state index in [-0.39, 0.29) is 30.5 Å². The molecule has 2 atom stereocenters. The van der Waals surface area contributed by atoms with Crippen LogP contribution in [0.25, 0.3) is 0 Å². The first kappa shape index (κ1) is 14.7. The molecule has 0 radical (unpaired) electrons. The topological polar surface area (TPSA) is 76.0 Å². The third-order valence-electron chi connectivity index (χ3n) is 3.49. The average molecular weight is 255 g/mol. The van der Waals surface area contributed by atoms with Gasteiger partial charge >= 0.3 is 5.97 Å². The highest BCUT2D eigenvalue weighted by Crippen LogP contribution is 2.31. The molecule has 0 saturated heterocycles. The summed E-state index contributed by atoms with van der Waals surface area (Å²) >= 11 is 0. The van der Waals surface area contributed by atoms with Crippen molar-refractivity contribution in [1.82, 2.24) is 0 Å². The Hall–Kier alpha value is -1.39. The highest BCUT2D eigenvalue weighted by atomic mass is 16.5. The van der Waals surface area contributed by atoms with E-state index >= 15 is 0 Å². The molecule has 0 spiro atoms. The molecule has 0 bridgehead atoms. The maximum Gasteiger partial charge on any atom is 0.309 e. The number of oxime groups is 1. The van der Waals surface area contributed by atoms with Crippen LogP contribution in [0.4, 0.5) is 0 Å². The smallest absolute Gasteiger partial charge is 0.309 e. The summed E-state index contributed by atoms with van der Waals surface area (Å²) in [5, 5.41) is 12.2. The zero-order valence-corrected chi connectivity index (χ0v) is 11.0. The van der Waals surface area contributed by atoms with E-state index < -0.39 is 5.92 Å². The molecule has 1 aliphatic carbocycles. The summed E-state index contributed by atoms with van der Waals surface area (Å²) in [5.41, 5.74) is 0.428. The molecule has 0 amide bonds. The lowest BCUT2D eigenvalue weighted by Gasteiger charge is -2.29. The molecule has 0 aromatic heterocycles. The van der Waals surface area contributed by atoms with Gasteiger partial charge in [-0.25, -0.2) is 0 Å². The zero-order chi connectivity index (χ0) is 13.5. The highest BCUT2D eigenvalue weighted by Gasteiger charge is 2.39. The molecule has 1 N–H and O–H groups in total. The van der Waals surface area contributed by atoms with Gasteiger partial charge in [-0.1, -0.05) is 31.3 Å². The van der Waals surface area contributed by atoms with Crippen LogP contribution in [0.15, 0.2) is 5.16 Å². The summed E-state index contributed by atoms with van der Waals surface area (Å²) in [6.45, 7) is 2.10. The summed E-state index contributed by atoms with van der Waals surface area (Å²) in [7, 11) is 1.32. The van der Waals surface area contributed by atoms with Gasteiger partial charge in [-0.3, -0.25) is 9.59 Å². The van der Waals surface area contributed by atoms with Crippen LogP contribution >= 0.6 is 0 Å². The standard InChI is InChI=1S/C13H21NO4/c1-3-4-5-6-10-11(13(16)18-2)7-9(15)8-12(10)14-17/h10-11,17H,3-8H2,1-2H3/b14-12-. The maximum absolute atomic E-state index is 11.7. The molecule has 5 heteroatoms. The second kappa shape index (κ2) is 7.13. The predicted octanol–water partition coefficient (Wildman–Crippen LogP) is 2.17. The fourth-order valence-electron chi connectivity index (χ4n) is 2.52. The van der Waals surface area contributed by atoms with Crippen LogP contribution in [0, 0.1) is 11.8 Å². The molecule has 0 aliphatic heterocycles. The number of hydrogen-bond acceptors (Lipinski definition) is 5. The molecule has 18 heavy (non-hydrogen) atoms. The summed E-state index contributed by atoms with van der Waals surface area (Å²) in [6.07, 6.45) is 4.22. The van der Waals surface area contributed by atoms with Gasteiger partial charge in [0.15, 0.2) is 0 Å². The molecule has 0 aromatic rings. The summed E-state index contributed by atoms with van der Waals surface area (Å²) in [5.74, 6) is -1.10. The molecule has 1 rings (SSSR count). The number of carbonyl (C=O) groups is 2. The average Bonchev–Trinajstić information content (AvgIpc) is 2.38. The van der Waals surface area contributed by atoms with E-state index in [1.54, 1.807) is 0 Å². The molecule has 0 heterocycles. The molecule has 5 nitrogen and oxygen atoms in total. The van der Waals surface area contributed by atoms with Gasteiger partial charge < -0.3 is 9.94 Å². The molecule has 1 aliphatic rings. The van der Waals surface area contributed by atoms with Crippen molar-refractivity contribution in [3.05, 3.63) is 0 Å². The van der Waals surface area contributed by atoms with Crippen molar-refractivity contribution in [2.24, 2.45) is 17.0 Å². The molecule has 1 fully saturated rings. The molecular formula is C13H21NO4. The first-order valence-electron chi connectivity index (χ1n) is 6.44. The lowest BCUT2D eigenvalue weighted by Crippen LogP contribution is -2.38. The largest absolute Gasteiger partial charge is 0.469 e. The number of hydrogen-bond donors (Lipinski definition) is 1. The predicted molar refractivity (Wildman–Crippen MR) is 66.6 cm³/mol. The van der Waals surface area contributed by atoms with E-state index in [0.29, 0.717) is 5.71 Å². The molecule has 1 saturated carbocycles. The van der Waals surface area contributed by atoms with Gasteiger partial charge in [0.2, 0.25) is 0 Å². The van der Waals surface area contributed by atoms with Crippen LogP contribution in [-0.4, -0.2) is 29.8 Å².